The van der Waals surface area contributed by atoms with E-state index < -0.39 is 11.7 Å². The van der Waals surface area contributed by atoms with E-state index in [1.54, 1.807) is 6.07 Å². The number of nitrogens with zero attached hydrogens (tertiary/aromatic N) is 2. The minimum atomic E-state index is -4.42. The molecule has 0 fully saturated rings. The van der Waals surface area contributed by atoms with Gasteiger partial charge in [0, 0.05) is 18.9 Å². The van der Waals surface area contributed by atoms with Crippen molar-refractivity contribution in [2.24, 2.45) is 0 Å². The second kappa shape index (κ2) is 9.62. The van der Waals surface area contributed by atoms with Crippen molar-refractivity contribution >= 4 is 17.7 Å². The monoisotopic (exact) mass is 433 g/mol. The van der Waals surface area contributed by atoms with E-state index in [4.69, 9.17) is 4.74 Å². The maximum absolute atomic E-state index is 12.8. The third-order valence-electron chi connectivity index (χ3n) is 4.02. The van der Waals surface area contributed by atoms with Gasteiger partial charge in [-0.1, -0.05) is 42.1 Å². The van der Waals surface area contributed by atoms with E-state index in [9.17, 15) is 18.0 Å². The van der Waals surface area contributed by atoms with Crippen LogP contribution in [0.4, 0.5) is 13.2 Å². The highest BCUT2D eigenvalue weighted by atomic mass is 32.2. The molecule has 0 saturated carbocycles. The number of ether oxygens (including phenoxy) is 1. The van der Waals surface area contributed by atoms with Crippen molar-refractivity contribution in [2.45, 2.75) is 24.7 Å². The van der Waals surface area contributed by atoms with Crippen LogP contribution in [0, 0.1) is 6.92 Å². The first kappa shape index (κ1) is 21.6. The molecule has 30 heavy (non-hydrogen) atoms. The zero-order valence-electron chi connectivity index (χ0n) is 15.9. The number of carbonyl (C=O) groups excluding carboxylic acids is 1. The Balaban J connectivity index is 1.57. The molecule has 0 unspecified atom stereocenters. The lowest BCUT2D eigenvalue weighted by molar-refractivity contribution is -0.137. The summed E-state index contributed by atoms with van der Waals surface area (Å²) in [5.41, 5.74) is 0.547. The van der Waals surface area contributed by atoms with Gasteiger partial charge in [0.25, 0.3) is 5.88 Å². The molecular weight excluding hydrogens is 415 g/mol. The third-order valence-corrected chi connectivity index (χ3v) is 4.98. The number of nitrogens with one attached hydrogen (secondary N) is 1. The summed E-state index contributed by atoms with van der Waals surface area (Å²) in [5.74, 6) is 0.586. The molecule has 0 bridgehead atoms. The smallest absolute Gasteiger partial charge is 0.416 e. The molecule has 1 aromatic heterocycles. The standard InChI is InChI=1S/C21H18F3N3O2S/c1-14-5-2-3-8-17(14)29-19-20(26-10-9-25-19)30-13-18(28)27-12-15-6-4-7-16(11-15)21(22,23)24/h2-11H,12-13H2,1H3,(H,27,28). The normalized spacial score (nSPS) is 11.2. The third kappa shape index (κ3) is 5.96. The fraction of sp³-hybridized carbons (Fsp3) is 0.190. The molecule has 0 aliphatic rings. The summed E-state index contributed by atoms with van der Waals surface area (Å²) >= 11 is 1.13. The van der Waals surface area contributed by atoms with E-state index in [-0.39, 0.29) is 24.1 Å². The molecule has 3 aromatic rings. The Labute approximate surface area is 175 Å². The maximum atomic E-state index is 12.8. The summed E-state index contributed by atoms with van der Waals surface area (Å²) in [6.45, 7) is 1.90. The van der Waals surface area contributed by atoms with Gasteiger partial charge in [0.2, 0.25) is 5.91 Å². The Hall–Kier alpha value is -3.07. The number of para-hydroxylation sites is 1. The number of halogens is 3. The van der Waals surface area contributed by atoms with Crippen LogP contribution in [0.25, 0.3) is 0 Å². The molecule has 0 spiro atoms. The van der Waals surface area contributed by atoms with Crippen LogP contribution in [-0.2, 0) is 17.5 Å². The highest BCUT2D eigenvalue weighted by molar-refractivity contribution is 8.00. The van der Waals surface area contributed by atoms with Crippen molar-refractivity contribution in [3.05, 3.63) is 77.6 Å². The Morgan fingerprint density at radius 3 is 2.63 bits per heavy atom. The van der Waals surface area contributed by atoms with Gasteiger partial charge >= 0.3 is 6.18 Å². The minimum Gasteiger partial charge on any atom is -0.436 e. The van der Waals surface area contributed by atoms with Gasteiger partial charge in [-0.3, -0.25) is 4.79 Å². The van der Waals surface area contributed by atoms with E-state index in [1.165, 1.54) is 24.5 Å². The molecule has 0 aliphatic heterocycles. The zero-order chi connectivity index (χ0) is 21.6. The Bertz CT molecular complexity index is 1030. The van der Waals surface area contributed by atoms with E-state index in [0.29, 0.717) is 16.3 Å². The van der Waals surface area contributed by atoms with Crippen LogP contribution in [0.5, 0.6) is 11.6 Å². The van der Waals surface area contributed by atoms with Gasteiger partial charge in [-0.05, 0) is 36.2 Å². The summed E-state index contributed by atoms with van der Waals surface area (Å²) in [7, 11) is 0. The van der Waals surface area contributed by atoms with Crippen LogP contribution in [-0.4, -0.2) is 21.6 Å². The number of hydrogen-bond donors (Lipinski definition) is 1. The summed E-state index contributed by atoms with van der Waals surface area (Å²) in [4.78, 5) is 20.5. The first-order chi connectivity index (χ1) is 14.3. The highest BCUT2D eigenvalue weighted by Crippen LogP contribution is 2.31. The fourth-order valence-corrected chi connectivity index (χ4v) is 3.22. The summed E-state index contributed by atoms with van der Waals surface area (Å²) in [5, 5.41) is 3.05. The van der Waals surface area contributed by atoms with Crippen molar-refractivity contribution in [3.8, 4) is 11.6 Å². The predicted octanol–water partition coefficient (Wildman–Crippen LogP) is 5.00. The lowest BCUT2D eigenvalue weighted by Crippen LogP contribution is -2.24. The fourth-order valence-electron chi connectivity index (χ4n) is 2.50. The van der Waals surface area contributed by atoms with Crippen LogP contribution in [0.2, 0.25) is 0 Å². The largest absolute Gasteiger partial charge is 0.436 e. The number of amides is 1. The molecule has 9 heteroatoms. The van der Waals surface area contributed by atoms with Crippen molar-refractivity contribution < 1.29 is 22.7 Å². The molecule has 5 nitrogen and oxygen atoms in total. The van der Waals surface area contributed by atoms with Crippen LogP contribution in [0.15, 0.2) is 66.0 Å². The van der Waals surface area contributed by atoms with E-state index in [2.05, 4.69) is 15.3 Å². The second-order valence-corrected chi connectivity index (χ2v) is 7.26. The van der Waals surface area contributed by atoms with Crippen molar-refractivity contribution in [1.82, 2.24) is 15.3 Å². The summed E-state index contributed by atoms with van der Waals surface area (Å²) in [6, 6.07) is 12.3. The molecule has 2 aromatic carbocycles. The van der Waals surface area contributed by atoms with Gasteiger partial charge < -0.3 is 10.1 Å². The van der Waals surface area contributed by atoms with Crippen LogP contribution < -0.4 is 10.1 Å². The molecule has 1 heterocycles. The number of hydrogen-bond acceptors (Lipinski definition) is 5. The van der Waals surface area contributed by atoms with Gasteiger partial charge in [-0.15, -0.1) is 0 Å². The number of alkyl halides is 3. The quantitative estimate of drug-likeness (QED) is 0.531. The Kier molecular flexibility index (Phi) is 6.94. The number of carbonyl (C=O) groups is 1. The van der Waals surface area contributed by atoms with Gasteiger partial charge in [0.15, 0.2) is 5.03 Å². The number of rotatable bonds is 7. The first-order valence-corrected chi connectivity index (χ1v) is 9.91. The maximum Gasteiger partial charge on any atom is 0.416 e. The predicted molar refractivity (Wildman–Crippen MR) is 107 cm³/mol. The van der Waals surface area contributed by atoms with Crippen molar-refractivity contribution in [3.63, 3.8) is 0 Å². The number of aromatic nitrogens is 2. The van der Waals surface area contributed by atoms with Crippen LogP contribution >= 0.6 is 11.8 Å². The lowest BCUT2D eigenvalue weighted by Gasteiger charge is -2.11. The Morgan fingerprint density at radius 1 is 1.10 bits per heavy atom. The topological polar surface area (TPSA) is 64.1 Å². The summed E-state index contributed by atoms with van der Waals surface area (Å²) < 4.78 is 44.2. The molecule has 0 aliphatic carbocycles. The number of aryl methyl sites for hydroxylation is 1. The molecule has 3 rings (SSSR count). The molecule has 0 saturated heterocycles. The molecule has 0 atom stereocenters. The average Bonchev–Trinajstić information content (AvgIpc) is 2.73. The van der Waals surface area contributed by atoms with Gasteiger partial charge in [0.05, 0.1) is 11.3 Å². The highest BCUT2D eigenvalue weighted by Gasteiger charge is 2.30. The second-order valence-electron chi connectivity index (χ2n) is 6.30. The van der Waals surface area contributed by atoms with E-state index >= 15 is 0 Å². The molecule has 0 radical (unpaired) electrons. The summed E-state index contributed by atoms with van der Waals surface area (Å²) in [6.07, 6.45) is -1.44. The molecule has 1 N–H and O–H groups in total. The van der Waals surface area contributed by atoms with Gasteiger partial charge in [-0.25, -0.2) is 9.97 Å². The lowest BCUT2D eigenvalue weighted by atomic mass is 10.1. The van der Waals surface area contributed by atoms with E-state index in [1.807, 2.05) is 25.1 Å². The molecule has 1 amide bonds. The van der Waals surface area contributed by atoms with Crippen LogP contribution in [0.1, 0.15) is 16.7 Å². The first-order valence-electron chi connectivity index (χ1n) is 8.93. The number of thioether (sulfide) groups is 1. The zero-order valence-corrected chi connectivity index (χ0v) is 16.8. The molecular formula is C21H18F3N3O2S. The van der Waals surface area contributed by atoms with Crippen LogP contribution in [0.3, 0.4) is 0 Å². The SMILES string of the molecule is Cc1ccccc1Oc1nccnc1SCC(=O)NCc1cccc(C(F)(F)F)c1. The Morgan fingerprint density at radius 2 is 1.87 bits per heavy atom. The number of benzene rings is 2. The van der Waals surface area contributed by atoms with Crippen molar-refractivity contribution in [2.75, 3.05) is 5.75 Å². The van der Waals surface area contributed by atoms with E-state index in [0.717, 1.165) is 29.5 Å². The molecule has 156 valence electrons. The minimum absolute atomic E-state index is 0.00362. The average molecular weight is 433 g/mol. The van der Waals surface area contributed by atoms with Crippen molar-refractivity contribution in [1.29, 1.82) is 0 Å². The van der Waals surface area contributed by atoms with Gasteiger partial charge in [0.1, 0.15) is 5.75 Å². The van der Waals surface area contributed by atoms with Gasteiger partial charge in [-0.2, -0.15) is 13.2 Å².